The predicted molar refractivity (Wildman–Crippen MR) is 130 cm³/mol. The highest BCUT2D eigenvalue weighted by Gasteiger charge is 2.31. The molecule has 2 aromatic rings. The number of aryl methyl sites for hydroxylation is 2. The van der Waals surface area contributed by atoms with Gasteiger partial charge in [0, 0.05) is 18.5 Å². The molecule has 0 N–H and O–H groups in total. The molecular weight excluding hydrogens is 430 g/mol. The average Bonchev–Trinajstić information content (AvgIpc) is 3.03. The van der Waals surface area contributed by atoms with Gasteiger partial charge in [0.05, 0.1) is 25.2 Å². The Bertz CT molecular complexity index is 1000. The van der Waals surface area contributed by atoms with Crippen molar-refractivity contribution in [3.05, 3.63) is 58.0 Å². The first-order chi connectivity index (χ1) is 14.9. The number of thioether (sulfide) groups is 1. The SMILES string of the molecule is CCN1C(=O)/C(=C\c2cccc(OC)c2OCCCOc2ccc(C)c(C)c2)SC1=S. The van der Waals surface area contributed by atoms with Crippen molar-refractivity contribution >= 4 is 40.3 Å². The van der Waals surface area contributed by atoms with Crippen molar-refractivity contribution in [1.82, 2.24) is 4.90 Å². The highest BCUT2D eigenvalue weighted by atomic mass is 32.2. The van der Waals surface area contributed by atoms with Crippen LogP contribution in [0.4, 0.5) is 0 Å². The van der Waals surface area contributed by atoms with Crippen molar-refractivity contribution in [1.29, 1.82) is 0 Å². The smallest absolute Gasteiger partial charge is 0.266 e. The summed E-state index contributed by atoms with van der Waals surface area (Å²) in [6.07, 6.45) is 2.53. The summed E-state index contributed by atoms with van der Waals surface area (Å²) >= 11 is 6.61. The van der Waals surface area contributed by atoms with E-state index in [-0.39, 0.29) is 5.91 Å². The molecule has 31 heavy (non-hydrogen) atoms. The largest absolute Gasteiger partial charge is 0.493 e. The van der Waals surface area contributed by atoms with Crippen molar-refractivity contribution in [2.24, 2.45) is 0 Å². The predicted octanol–water partition coefficient (Wildman–Crippen LogP) is 5.38. The number of thiocarbonyl (C=S) groups is 1. The van der Waals surface area contributed by atoms with Gasteiger partial charge in [0.25, 0.3) is 5.91 Å². The van der Waals surface area contributed by atoms with Crippen molar-refractivity contribution in [2.75, 3.05) is 26.9 Å². The van der Waals surface area contributed by atoms with Crippen LogP contribution in [-0.2, 0) is 4.79 Å². The van der Waals surface area contributed by atoms with Gasteiger partial charge in [-0.05, 0) is 56.2 Å². The molecule has 0 radical (unpaired) electrons. The molecule has 5 nitrogen and oxygen atoms in total. The fourth-order valence-electron chi connectivity index (χ4n) is 3.10. The van der Waals surface area contributed by atoms with Crippen LogP contribution in [0.5, 0.6) is 17.2 Å². The third-order valence-electron chi connectivity index (χ3n) is 4.99. The minimum Gasteiger partial charge on any atom is -0.493 e. The average molecular weight is 458 g/mol. The Kier molecular flexibility index (Phi) is 7.98. The van der Waals surface area contributed by atoms with Gasteiger partial charge in [0.1, 0.15) is 10.1 Å². The maximum absolute atomic E-state index is 12.6. The second-order valence-corrected chi connectivity index (χ2v) is 8.78. The van der Waals surface area contributed by atoms with E-state index in [1.165, 1.54) is 22.9 Å². The van der Waals surface area contributed by atoms with Crippen LogP contribution in [0.1, 0.15) is 30.0 Å². The lowest BCUT2D eigenvalue weighted by molar-refractivity contribution is -0.121. The number of likely N-dealkylation sites (N-methyl/N-ethyl adjacent to an activating group) is 1. The van der Waals surface area contributed by atoms with Crippen molar-refractivity contribution in [3.63, 3.8) is 0 Å². The Labute approximate surface area is 193 Å². The summed E-state index contributed by atoms with van der Waals surface area (Å²) in [4.78, 5) is 14.7. The van der Waals surface area contributed by atoms with Gasteiger partial charge < -0.3 is 14.2 Å². The molecule has 0 bridgehead atoms. The molecule has 1 heterocycles. The number of hydrogen-bond donors (Lipinski definition) is 0. The maximum Gasteiger partial charge on any atom is 0.266 e. The highest BCUT2D eigenvalue weighted by Crippen LogP contribution is 2.37. The molecule has 1 amide bonds. The van der Waals surface area contributed by atoms with Crippen LogP contribution in [0.25, 0.3) is 6.08 Å². The van der Waals surface area contributed by atoms with Gasteiger partial charge in [-0.2, -0.15) is 0 Å². The number of carbonyl (C=O) groups excluding carboxylic acids is 1. The molecule has 0 atom stereocenters. The maximum atomic E-state index is 12.6. The number of rotatable bonds is 9. The monoisotopic (exact) mass is 457 g/mol. The van der Waals surface area contributed by atoms with Gasteiger partial charge in [-0.1, -0.05) is 42.2 Å². The van der Waals surface area contributed by atoms with E-state index in [2.05, 4.69) is 19.9 Å². The van der Waals surface area contributed by atoms with Gasteiger partial charge in [0.2, 0.25) is 0 Å². The zero-order chi connectivity index (χ0) is 22.4. The topological polar surface area (TPSA) is 48.0 Å². The van der Waals surface area contributed by atoms with E-state index in [0.717, 1.165) is 11.3 Å². The molecule has 1 saturated heterocycles. The number of nitrogens with zero attached hydrogens (tertiary/aromatic N) is 1. The molecule has 1 aliphatic rings. The third-order valence-corrected chi connectivity index (χ3v) is 6.37. The first-order valence-electron chi connectivity index (χ1n) is 10.2. The lowest BCUT2D eigenvalue weighted by Gasteiger charge is -2.14. The molecule has 1 fully saturated rings. The third kappa shape index (κ3) is 5.60. The Morgan fingerprint density at radius 1 is 1.10 bits per heavy atom. The van der Waals surface area contributed by atoms with E-state index in [1.54, 1.807) is 12.0 Å². The number of hydrogen-bond acceptors (Lipinski definition) is 6. The minimum absolute atomic E-state index is 0.0759. The number of ether oxygens (including phenoxy) is 3. The molecule has 2 aromatic carbocycles. The van der Waals surface area contributed by atoms with E-state index in [9.17, 15) is 4.79 Å². The number of benzene rings is 2. The van der Waals surface area contributed by atoms with E-state index in [1.807, 2.05) is 43.3 Å². The number of methoxy groups -OCH3 is 1. The lowest BCUT2D eigenvalue weighted by Crippen LogP contribution is -2.27. The summed E-state index contributed by atoms with van der Waals surface area (Å²) in [5, 5.41) is 0. The molecule has 0 unspecified atom stereocenters. The van der Waals surface area contributed by atoms with E-state index < -0.39 is 0 Å². The van der Waals surface area contributed by atoms with Crippen molar-refractivity contribution in [2.45, 2.75) is 27.2 Å². The first kappa shape index (κ1) is 23.2. The quantitative estimate of drug-likeness (QED) is 0.286. The zero-order valence-electron chi connectivity index (χ0n) is 18.3. The van der Waals surface area contributed by atoms with Gasteiger partial charge >= 0.3 is 0 Å². The molecular formula is C24H27NO4S2. The number of amides is 1. The van der Waals surface area contributed by atoms with Crippen molar-refractivity contribution in [3.8, 4) is 17.2 Å². The van der Waals surface area contributed by atoms with Gasteiger partial charge in [-0.25, -0.2) is 0 Å². The number of carbonyl (C=O) groups is 1. The Hall–Kier alpha value is -2.51. The zero-order valence-corrected chi connectivity index (χ0v) is 19.9. The fourth-order valence-corrected chi connectivity index (χ4v) is 4.48. The van der Waals surface area contributed by atoms with Crippen LogP contribution in [0.2, 0.25) is 0 Å². The summed E-state index contributed by atoms with van der Waals surface area (Å²) in [6.45, 7) is 7.63. The van der Waals surface area contributed by atoms with Gasteiger partial charge in [-0.15, -0.1) is 0 Å². The molecule has 7 heteroatoms. The number of para-hydroxylation sites is 1. The molecule has 0 spiro atoms. The molecule has 3 rings (SSSR count). The van der Waals surface area contributed by atoms with E-state index in [4.69, 9.17) is 26.4 Å². The second-order valence-electron chi connectivity index (χ2n) is 7.10. The van der Waals surface area contributed by atoms with Crippen LogP contribution < -0.4 is 14.2 Å². The molecule has 1 aliphatic heterocycles. The Balaban J connectivity index is 1.65. The normalized spacial score (nSPS) is 15.0. The van der Waals surface area contributed by atoms with E-state index in [0.29, 0.717) is 46.9 Å². The van der Waals surface area contributed by atoms with Gasteiger partial charge in [0.15, 0.2) is 11.5 Å². The van der Waals surface area contributed by atoms with Crippen LogP contribution in [0, 0.1) is 13.8 Å². The fraction of sp³-hybridized carbons (Fsp3) is 0.333. The van der Waals surface area contributed by atoms with Crippen LogP contribution in [-0.4, -0.2) is 42.0 Å². The second kappa shape index (κ2) is 10.7. The Morgan fingerprint density at radius 2 is 1.87 bits per heavy atom. The summed E-state index contributed by atoms with van der Waals surface area (Å²) < 4.78 is 17.9. The molecule has 0 aliphatic carbocycles. The summed E-state index contributed by atoms with van der Waals surface area (Å²) in [5.74, 6) is 2.01. The standard InChI is InChI=1S/C24H27NO4S2/c1-5-25-23(26)21(31-24(25)30)15-18-8-6-9-20(27-4)22(18)29-13-7-12-28-19-11-10-16(2)17(3)14-19/h6,8-11,14-15H,5,7,12-13H2,1-4H3/b21-15+. The molecule has 164 valence electrons. The minimum atomic E-state index is -0.0759. The molecule has 0 aromatic heterocycles. The summed E-state index contributed by atoms with van der Waals surface area (Å²) in [7, 11) is 1.60. The Morgan fingerprint density at radius 3 is 2.55 bits per heavy atom. The van der Waals surface area contributed by atoms with Gasteiger partial charge in [-0.3, -0.25) is 9.69 Å². The van der Waals surface area contributed by atoms with E-state index >= 15 is 0 Å². The first-order valence-corrected chi connectivity index (χ1v) is 11.4. The van der Waals surface area contributed by atoms with Crippen molar-refractivity contribution < 1.29 is 19.0 Å². The molecule has 0 saturated carbocycles. The van der Waals surface area contributed by atoms with Crippen LogP contribution in [0.3, 0.4) is 0 Å². The highest BCUT2D eigenvalue weighted by molar-refractivity contribution is 8.26. The lowest BCUT2D eigenvalue weighted by atomic mass is 10.1. The van der Waals surface area contributed by atoms with Crippen LogP contribution in [0.15, 0.2) is 41.3 Å². The summed E-state index contributed by atoms with van der Waals surface area (Å²) in [6, 6.07) is 11.7. The summed E-state index contributed by atoms with van der Waals surface area (Å²) in [5.41, 5.74) is 3.24. The van der Waals surface area contributed by atoms with Crippen LogP contribution >= 0.6 is 24.0 Å².